The van der Waals surface area contributed by atoms with Crippen molar-refractivity contribution in [3.63, 3.8) is 0 Å². The Morgan fingerprint density at radius 1 is 1.25 bits per heavy atom. The number of rotatable bonds is 5. The normalized spacial score (nSPS) is 12.7. The zero-order valence-electron chi connectivity index (χ0n) is 11.3. The molecule has 0 aliphatic heterocycles. The highest BCUT2D eigenvalue weighted by atomic mass is 79.9. The summed E-state index contributed by atoms with van der Waals surface area (Å²) in [5.41, 5.74) is 8.32. The summed E-state index contributed by atoms with van der Waals surface area (Å²) in [4.78, 5) is 6.46. The molecule has 106 valence electrons. The number of likely N-dealkylation sites (N-methyl/N-ethyl adjacent to an activating group) is 1. The Morgan fingerprint density at radius 3 is 2.65 bits per heavy atom. The van der Waals surface area contributed by atoms with Gasteiger partial charge in [0.2, 0.25) is 0 Å². The van der Waals surface area contributed by atoms with Crippen molar-refractivity contribution in [3.8, 4) is 0 Å². The zero-order chi connectivity index (χ0) is 14.5. The monoisotopic (exact) mass is 397 g/mol. The van der Waals surface area contributed by atoms with Gasteiger partial charge in [-0.3, -0.25) is 9.88 Å². The van der Waals surface area contributed by atoms with Gasteiger partial charge in [0.25, 0.3) is 0 Å². The number of halogens is 2. The molecule has 2 aromatic rings. The van der Waals surface area contributed by atoms with Crippen LogP contribution in [0, 0.1) is 0 Å². The number of hydrogen-bond donors (Lipinski definition) is 1. The van der Waals surface area contributed by atoms with Gasteiger partial charge < -0.3 is 5.73 Å². The van der Waals surface area contributed by atoms with Gasteiger partial charge in [0.05, 0.1) is 0 Å². The minimum absolute atomic E-state index is 0.145. The molecule has 20 heavy (non-hydrogen) atoms. The molecule has 0 saturated heterocycles. The van der Waals surface area contributed by atoms with Crippen LogP contribution in [0.2, 0.25) is 0 Å². The van der Waals surface area contributed by atoms with E-state index in [4.69, 9.17) is 5.73 Å². The molecule has 1 aromatic heterocycles. The first-order valence-corrected chi connectivity index (χ1v) is 7.94. The molecule has 0 bridgehead atoms. The van der Waals surface area contributed by atoms with E-state index in [1.54, 1.807) is 6.20 Å². The second-order valence-corrected chi connectivity index (χ2v) is 6.46. The third-order valence-electron chi connectivity index (χ3n) is 3.24. The molecule has 0 amide bonds. The molecule has 1 atom stereocenters. The Kier molecular flexibility index (Phi) is 5.72. The van der Waals surface area contributed by atoms with Gasteiger partial charge in [0.15, 0.2) is 0 Å². The van der Waals surface area contributed by atoms with Crippen LogP contribution >= 0.6 is 31.9 Å². The van der Waals surface area contributed by atoms with Crippen LogP contribution in [0.5, 0.6) is 0 Å². The molecule has 0 fully saturated rings. The van der Waals surface area contributed by atoms with E-state index < -0.39 is 0 Å². The van der Waals surface area contributed by atoms with Crippen LogP contribution in [0.4, 0.5) is 0 Å². The number of hydrogen-bond acceptors (Lipinski definition) is 3. The van der Waals surface area contributed by atoms with Crippen molar-refractivity contribution >= 4 is 31.9 Å². The summed E-state index contributed by atoms with van der Waals surface area (Å²) in [7, 11) is 2.08. The minimum Gasteiger partial charge on any atom is -0.329 e. The van der Waals surface area contributed by atoms with E-state index in [-0.39, 0.29) is 6.04 Å². The van der Waals surface area contributed by atoms with E-state index in [0.717, 1.165) is 21.1 Å². The van der Waals surface area contributed by atoms with Gasteiger partial charge in [-0.25, -0.2) is 0 Å². The number of aromatic nitrogens is 1. The quantitative estimate of drug-likeness (QED) is 0.833. The van der Waals surface area contributed by atoms with Crippen molar-refractivity contribution in [2.45, 2.75) is 12.6 Å². The Hall–Kier alpha value is -0.750. The first-order valence-electron chi connectivity index (χ1n) is 6.36. The van der Waals surface area contributed by atoms with Gasteiger partial charge in [-0.05, 0) is 46.2 Å². The van der Waals surface area contributed by atoms with Gasteiger partial charge in [-0.1, -0.05) is 34.1 Å². The zero-order valence-corrected chi connectivity index (χ0v) is 14.4. The molecule has 0 radical (unpaired) electrons. The maximum atomic E-state index is 5.95. The van der Waals surface area contributed by atoms with Gasteiger partial charge in [0.1, 0.15) is 0 Å². The van der Waals surface area contributed by atoms with Gasteiger partial charge in [0, 0.05) is 40.5 Å². The fourth-order valence-electron chi connectivity index (χ4n) is 2.19. The standard InChI is InChI=1S/C15H17Br2N3/c1-20(10-11-4-2-3-5-14(11)17)15(7-18)12-6-13(16)9-19-8-12/h2-6,8-9,15H,7,10,18H2,1H3. The lowest BCUT2D eigenvalue weighted by atomic mass is 10.1. The highest BCUT2D eigenvalue weighted by molar-refractivity contribution is 9.10. The Morgan fingerprint density at radius 2 is 2.00 bits per heavy atom. The second kappa shape index (κ2) is 7.31. The Bertz CT molecular complexity index is 575. The Labute approximate surface area is 136 Å². The summed E-state index contributed by atoms with van der Waals surface area (Å²) in [6, 6.07) is 10.5. The SMILES string of the molecule is CN(Cc1ccccc1Br)C(CN)c1cncc(Br)c1. The first kappa shape index (κ1) is 15.6. The molecular formula is C15H17Br2N3. The van der Waals surface area contributed by atoms with Crippen molar-refractivity contribution in [3.05, 3.63) is 62.8 Å². The highest BCUT2D eigenvalue weighted by Crippen LogP contribution is 2.24. The van der Waals surface area contributed by atoms with Crippen molar-refractivity contribution in [2.75, 3.05) is 13.6 Å². The summed E-state index contributed by atoms with van der Waals surface area (Å²) in [6.45, 7) is 1.38. The van der Waals surface area contributed by atoms with Crippen molar-refractivity contribution in [1.29, 1.82) is 0 Å². The van der Waals surface area contributed by atoms with Crippen LogP contribution in [-0.2, 0) is 6.54 Å². The lowest BCUT2D eigenvalue weighted by molar-refractivity contribution is 0.241. The topological polar surface area (TPSA) is 42.1 Å². The Balaban J connectivity index is 2.17. The fraction of sp³-hybridized carbons (Fsp3) is 0.267. The molecule has 5 heteroatoms. The number of nitrogens with zero attached hydrogens (tertiary/aromatic N) is 2. The summed E-state index contributed by atoms with van der Waals surface area (Å²) in [5.74, 6) is 0. The molecule has 3 nitrogen and oxygen atoms in total. The van der Waals surface area contributed by atoms with E-state index in [9.17, 15) is 0 Å². The molecule has 0 aliphatic rings. The molecule has 1 unspecified atom stereocenters. The van der Waals surface area contributed by atoms with Crippen molar-refractivity contribution in [1.82, 2.24) is 9.88 Å². The van der Waals surface area contributed by atoms with Gasteiger partial charge >= 0.3 is 0 Å². The predicted molar refractivity (Wildman–Crippen MR) is 89.3 cm³/mol. The smallest absolute Gasteiger partial charge is 0.0486 e. The van der Waals surface area contributed by atoms with Crippen LogP contribution in [0.25, 0.3) is 0 Å². The van der Waals surface area contributed by atoms with E-state index >= 15 is 0 Å². The molecule has 1 aromatic carbocycles. The third kappa shape index (κ3) is 3.88. The summed E-state index contributed by atoms with van der Waals surface area (Å²) in [5, 5.41) is 0. The number of nitrogens with two attached hydrogens (primary N) is 1. The average Bonchev–Trinajstić information content (AvgIpc) is 2.42. The lowest BCUT2D eigenvalue weighted by Crippen LogP contribution is -2.30. The van der Waals surface area contributed by atoms with Crippen molar-refractivity contribution < 1.29 is 0 Å². The lowest BCUT2D eigenvalue weighted by Gasteiger charge is -2.27. The third-order valence-corrected chi connectivity index (χ3v) is 4.45. The van der Waals surface area contributed by atoms with E-state index in [1.807, 2.05) is 18.3 Å². The largest absolute Gasteiger partial charge is 0.329 e. The molecule has 0 saturated carbocycles. The summed E-state index contributed by atoms with van der Waals surface area (Å²) < 4.78 is 2.10. The van der Waals surface area contributed by atoms with Crippen LogP contribution < -0.4 is 5.73 Å². The van der Waals surface area contributed by atoms with Crippen molar-refractivity contribution in [2.24, 2.45) is 5.73 Å². The number of benzene rings is 1. The van der Waals surface area contributed by atoms with Crippen LogP contribution in [0.1, 0.15) is 17.2 Å². The molecule has 1 heterocycles. The summed E-state index contributed by atoms with van der Waals surface area (Å²) >= 11 is 7.04. The maximum Gasteiger partial charge on any atom is 0.0486 e. The summed E-state index contributed by atoms with van der Waals surface area (Å²) in [6.07, 6.45) is 3.66. The minimum atomic E-state index is 0.145. The van der Waals surface area contributed by atoms with Crippen LogP contribution in [0.15, 0.2) is 51.7 Å². The predicted octanol–water partition coefficient (Wildman–Crippen LogP) is 3.74. The second-order valence-electron chi connectivity index (χ2n) is 4.69. The van der Waals surface area contributed by atoms with E-state index in [0.29, 0.717) is 6.54 Å². The van der Waals surface area contributed by atoms with Crippen LogP contribution in [0.3, 0.4) is 0 Å². The average molecular weight is 399 g/mol. The molecular weight excluding hydrogens is 382 g/mol. The number of pyridine rings is 1. The maximum absolute atomic E-state index is 5.95. The molecule has 0 aliphatic carbocycles. The highest BCUT2D eigenvalue weighted by Gasteiger charge is 2.17. The molecule has 0 spiro atoms. The first-order chi connectivity index (χ1) is 9.61. The van der Waals surface area contributed by atoms with Gasteiger partial charge in [-0.2, -0.15) is 0 Å². The molecule has 2 N–H and O–H groups in total. The van der Waals surface area contributed by atoms with E-state index in [1.165, 1.54) is 5.56 Å². The fourth-order valence-corrected chi connectivity index (χ4v) is 2.98. The molecule has 2 rings (SSSR count). The van der Waals surface area contributed by atoms with E-state index in [2.05, 4.69) is 67.0 Å². The van der Waals surface area contributed by atoms with Gasteiger partial charge in [-0.15, -0.1) is 0 Å². The van der Waals surface area contributed by atoms with Crippen LogP contribution in [-0.4, -0.2) is 23.5 Å².